The maximum atomic E-state index is 13.6. The zero-order chi connectivity index (χ0) is 19.9. The number of hydrogen-bond donors (Lipinski definition) is 3. The molecule has 2 amide bonds. The third-order valence-electron chi connectivity index (χ3n) is 5.85. The Kier molecular flexibility index (Phi) is 9.30. The van der Waals surface area contributed by atoms with Crippen molar-refractivity contribution in [1.29, 1.82) is 0 Å². The van der Waals surface area contributed by atoms with Crippen molar-refractivity contribution in [3.63, 3.8) is 0 Å². The Labute approximate surface area is 176 Å². The van der Waals surface area contributed by atoms with Gasteiger partial charge >= 0.3 is 0 Å². The third kappa shape index (κ3) is 6.93. The predicted octanol–water partition coefficient (Wildman–Crippen LogP) is 3.03. The number of halogens is 3. The molecule has 3 N–H and O–H groups in total. The summed E-state index contributed by atoms with van der Waals surface area (Å²) in [5.41, 5.74) is 0.673. The summed E-state index contributed by atoms with van der Waals surface area (Å²) in [6.07, 6.45) is 6.97. The number of rotatable bonds is 6. The summed E-state index contributed by atoms with van der Waals surface area (Å²) in [5.74, 6) is -1.77. The molecule has 3 rings (SSSR count). The van der Waals surface area contributed by atoms with Crippen molar-refractivity contribution in [2.24, 2.45) is 5.92 Å². The minimum atomic E-state index is -0.879. The number of carbonyl (C=O) groups excluding carboxylic acids is 2. The van der Waals surface area contributed by atoms with E-state index in [0.29, 0.717) is 30.9 Å². The van der Waals surface area contributed by atoms with Gasteiger partial charge in [-0.15, -0.1) is 12.4 Å². The van der Waals surface area contributed by atoms with Crippen LogP contribution in [0.3, 0.4) is 0 Å². The minimum Gasteiger partial charge on any atom is -0.350 e. The molecule has 1 aromatic rings. The molecular formula is C21H30ClF2N3O2. The first kappa shape index (κ1) is 23.5. The number of benzene rings is 1. The van der Waals surface area contributed by atoms with Gasteiger partial charge in [0, 0.05) is 24.9 Å². The molecular weight excluding hydrogens is 400 g/mol. The molecule has 0 spiro atoms. The van der Waals surface area contributed by atoms with Crippen molar-refractivity contribution >= 4 is 24.2 Å². The van der Waals surface area contributed by atoms with Crippen molar-refractivity contribution in [1.82, 2.24) is 16.0 Å². The molecule has 29 heavy (non-hydrogen) atoms. The van der Waals surface area contributed by atoms with Crippen LogP contribution in [0, 0.1) is 17.6 Å². The first-order valence-electron chi connectivity index (χ1n) is 10.2. The Morgan fingerprint density at radius 2 is 1.79 bits per heavy atom. The normalized spacial score (nSPS) is 22.4. The molecule has 0 aromatic heterocycles. The molecule has 2 fully saturated rings. The average Bonchev–Trinajstić information content (AvgIpc) is 2.70. The zero-order valence-corrected chi connectivity index (χ0v) is 17.3. The molecule has 1 aliphatic heterocycles. The van der Waals surface area contributed by atoms with E-state index in [9.17, 15) is 18.4 Å². The first-order valence-corrected chi connectivity index (χ1v) is 10.2. The smallest absolute Gasteiger partial charge is 0.239 e. The van der Waals surface area contributed by atoms with Crippen molar-refractivity contribution < 1.29 is 18.4 Å². The highest BCUT2D eigenvalue weighted by atomic mass is 35.5. The van der Waals surface area contributed by atoms with Crippen LogP contribution in [0.2, 0.25) is 0 Å². The van der Waals surface area contributed by atoms with E-state index in [-0.39, 0.29) is 42.7 Å². The maximum absolute atomic E-state index is 13.6. The molecule has 2 aliphatic rings. The summed E-state index contributed by atoms with van der Waals surface area (Å²) in [7, 11) is 0. The molecule has 1 saturated carbocycles. The van der Waals surface area contributed by atoms with Crippen LogP contribution in [-0.4, -0.2) is 37.5 Å². The van der Waals surface area contributed by atoms with Crippen LogP contribution in [0.15, 0.2) is 18.2 Å². The lowest BCUT2D eigenvalue weighted by Gasteiger charge is -2.33. The van der Waals surface area contributed by atoms with Crippen molar-refractivity contribution in [3.8, 4) is 0 Å². The Morgan fingerprint density at radius 3 is 2.52 bits per heavy atom. The van der Waals surface area contributed by atoms with E-state index in [0.717, 1.165) is 25.5 Å². The number of amides is 2. The monoisotopic (exact) mass is 429 g/mol. The molecule has 2 unspecified atom stereocenters. The fourth-order valence-corrected chi connectivity index (χ4v) is 4.31. The molecule has 1 aliphatic carbocycles. The van der Waals surface area contributed by atoms with Crippen LogP contribution < -0.4 is 16.0 Å². The molecule has 5 nitrogen and oxygen atoms in total. The Balaban J connectivity index is 0.00000300. The highest BCUT2D eigenvalue weighted by molar-refractivity contribution is 5.85. The van der Waals surface area contributed by atoms with E-state index in [1.165, 1.54) is 25.3 Å². The van der Waals surface area contributed by atoms with Crippen molar-refractivity contribution in [2.45, 2.75) is 56.9 Å². The fourth-order valence-electron chi connectivity index (χ4n) is 4.31. The second kappa shape index (κ2) is 11.5. The van der Waals surface area contributed by atoms with E-state index in [2.05, 4.69) is 16.0 Å². The van der Waals surface area contributed by atoms with Gasteiger partial charge in [-0.1, -0.05) is 25.3 Å². The average molecular weight is 430 g/mol. The summed E-state index contributed by atoms with van der Waals surface area (Å²) in [5, 5.41) is 8.85. The summed E-state index contributed by atoms with van der Waals surface area (Å²) in [6, 6.07) is 3.66. The molecule has 1 saturated heterocycles. The molecule has 1 heterocycles. The van der Waals surface area contributed by atoms with Gasteiger partial charge in [-0.25, -0.2) is 8.78 Å². The summed E-state index contributed by atoms with van der Waals surface area (Å²) < 4.78 is 26.8. The first-order chi connectivity index (χ1) is 13.5. The van der Waals surface area contributed by atoms with Gasteiger partial charge in [-0.05, 0) is 49.4 Å². The number of hydrogen-bond acceptors (Lipinski definition) is 3. The topological polar surface area (TPSA) is 70.2 Å². The van der Waals surface area contributed by atoms with E-state index >= 15 is 0 Å². The lowest BCUT2D eigenvalue weighted by Crippen LogP contribution is -2.52. The SMILES string of the molecule is Cl.O=C(CC1CCCCC1)NCC(=O)NC1CNCCC1c1ccc(F)c(F)c1. The van der Waals surface area contributed by atoms with Crippen LogP contribution in [0.5, 0.6) is 0 Å². The Bertz CT molecular complexity index is 699. The van der Waals surface area contributed by atoms with Gasteiger partial charge in [-0.2, -0.15) is 0 Å². The van der Waals surface area contributed by atoms with Crippen LogP contribution >= 0.6 is 12.4 Å². The van der Waals surface area contributed by atoms with Gasteiger partial charge < -0.3 is 16.0 Å². The van der Waals surface area contributed by atoms with Crippen molar-refractivity contribution in [2.75, 3.05) is 19.6 Å². The largest absolute Gasteiger partial charge is 0.350 e. The van der Waals surface area contributed by atoms with Gasteiger partial charge in [0.1, 0.15) is 0 Å². The molecule has 162 valence electrons. The second-order valence-electron chi connectivity index (χ2n) is 7.93. The fraction of sp³-hybridized carbons (Fsp3) is 0.619. The number of piperidine rings is 1. The van der Waals surface area contributed by atoms with E-state index in [1.807, 2.05) is 0 Å². The van der Waals surface area contributed by atoms with Crippen molar-refractivity contribution in [3.05, 3.63) is 35.4 Å². The van der Waals surface area contributed by atoms with Gasteiger partial charge in [0.2, 0.25) is 11.8 Å². The highest BCUT2D eigenvalue weighted by Gasteiger charge is 2.28. The van der Waals surface area contributed by atoms with Crippen LogP contribution in [0.1, 0.15) is 56.4 Å². The molecule has 2 atom stereocenters. The van der Waals surface area contributed by atoms with E-state index in [4.69, 9.17) is 0 Å². The zero-order valence-electron chi connectivity index (χ0n) is 16.5. The molecule has 1 aromatic carbocycles. The van der Waals surface area contributed by atoms with Gasteiger partial charge in [0.05, 0.1) is 6.54 Å². The van der Waals surface area contributed by atoms with Crippen LogP contribution in [0.4, 0.5) is 8.78 Å². The van der Waals surface area contributed by atoms with Crippen LogP contribution in [-0.2, 0) is 9.59 Å². The van der Waals surface area contributed by atoms with Gasteiger partial charge in [0.15, 0.2) is 11.6 Å². The van der Waals surface area contributed by atoms with Gasteiger partial charge in [-0.3, -0.25) is 9.59 Å². The summed E-state index contributed by atoms with van der Waals surface area (Å²) in [4.78, 5) is 24.4. The number of nitrogens with one attached hydrogen (secondary N) is 3. The molecule has 0 radical (unpaired) electrons. The molecule has 0 bridgehead atoms. The summed E-state index contributed by atoms with van der Waals surface area (Å²) >= 11 is 0. The molecule has 8 heteroatoms. The lowest BCUT2D eigenvalue weighted by molar-refractivity contribution is -0.127. The Hall–Kier alpha value is -1.73. The quantitative estimate of drug-likeness (QED) is 0.651. The number of carbonyl (C=O) groups is 2. The van der Waals surface area contributed by atoms with Gasteiger partial charge in [0.25, 0.3) is 0 Å². The third-order valence-corrected chi connectivity index (χ3v) is 5.85. The van der Waals surface area contributed by atoms with E-state index in [1.54, 1.807) is 6.07 Å². The second-order valence-corrected chi connectivity index (χ2v) is 7.93. The minimum absolute atomic E-state index is 0. The lowest BCUT2D eigenvalue weighted by atomic mass is 9.86. The Morgan fingerprint density at radius 1 is 1.03 bits per heavy atom. The van der Waals surface area contributed by atoms with E-state index < -0.39 is 11.6 Å². The van der Waals surface area contributed by atoms with Crippen LogP contribution in [0.25, 0.3) is 0 Å². The highest BCUT2D eigenvalue weighted by Crippen LogP contribution is 2.27. The predicted molar refractivity (Wildman–Crippen MR) is 110 cm³/mol. The maximum Gasteiger partial charge on any atom is 0.239 e. The standard InChI is InChI=1S/C21H29F2N3O2.ClH/c22-17-7-6-15(11-18(17)23)16-8-9-24-12-19(16)26-21(28)13-25-20(27)10-14-4-2-1-3-5-14;/h6-7,11,14,16,19,24H,1-5,8-10,12-13H2,(H,25,27)(H,26,28);1H. The summed E-state index contributed by atoms with van der Waals surface area (Å²) in [6.45, 7) is 1.23.